The van der Waals surface area contributed by atoms with E-state index in [4.69, 9.17) is 11.6 Å². The first-order valence-corrected chi connectivity index (χ1v) is 7.13. The number of nitrogens with zero attached hydrogens (tertiary/aromatic N) is 2. The first-order valence-electron chi connectivity index (χ1n) is 7.13. The maximum atomic E-state index is 10.7. The molecular weight excluding hydrogens is 268 g/mol. The fourth-order valence-corrected chi connectivity index (χ4v) is 1.80. The molecule has 0 aliphatic heterocycles. The number of carbonyl (C=O) groups is 1. The molecule has 1 aromatic heterocycles. The standard InChI is InChI=1S/C14H26N6O/c1-9-11(17-8-6-5-7-10(15)21)18-13(14(2,3)4)19-12(9)20-16/h5-8,16H2,1-4H3,(H2,15,21)(H2,17,18,19,20). The fourth-order valence-electron chi connectivity index (χ4n) is 1.80. The number of hydrazine groups is 1. The Morgan fingerprint density at radius 1 is 1.19 bits per heavy atom. The number of amides is 1. The average Bonchev–Trinajstić information content (AvgIpc) is 2.38. The van der Waals surface area contributed by atoms with Gasteiger partial charge in [-0.25, -0.2) is 15.8 Å². The predicted octanol–water partition coefficient (Wildman–Crippen LogP) is 1.44. The van der Waals surface area contributed by atoms with Crippen LogP contribution in [0.5, 0.6) is 0 Å². The van der Waals surface area contributed by atoms with Gasteiger partial charge in [0, 0.05) is 23.9 Å². The van der Waals surface area contributed by atoms with Crippen LogP contribution in [0.4, 0.5) is 11.6 Å². The van der Waals surface area contributed by atoms with Crippen molar-refractivity contribution in [3.05, 3.63) is 11.4 Å². The van der Waals surface area contributed by atoms with Gasteiger partial charge in [0.1, 0.15) is 17.5 Å². The van der Waals surface area contributed by atoms with Crippen LogP contribution in [-0.2, 0) is 10.2 Å². The molecule has 0 aromatic carbocycles. The van der Waals surface area contributed by atoms with Crippen molar-refractivity contribution in [2.24, 2.45) is 11.6 Å². The molecule has 0 atom stereocenters. The van der Waals surface area contributed by atoms with Crippen LogP contribution in [0.2, 0.25) is 0 Å². The summed E-state index contributed by atoms with van der Waals surface area (Å²) in [6.45, 7) is 8.78. The van der Waals surface area contributed by atoms with E-state index >= 15 is 0 Å². The molecule has 1 aromatic rings. The molecule has 7 nitrogen and oxygen atoms in total. The third kappa shape index (κ3) is 5.18. The lowest BCUT2D eigenvalue weighted by Crippen LogP contribution is -2.21. The molecule has 0 spiro atoms. The van der Waals surface area contributed by atoms with E-state index in [1.54, 1.807) is 0 Å². The second-order valence-corrected chi connectivity index (χ2v) is 6.11. The van der Waals surface area contributed by atoms with Gasteiger partial charge in [0.2, 0.25) is 5.91 Å². The topological polar surface area (TPSA) is 119 Å². The molecule has 0 aliphatic carbocycles. The van der Waals surface area contributed by atoms with E-state index in [0.29, 0.717) is 12.2 Å². The zero-order chi connectivity index (χ0) is 16.0. The molecule has 0 aliphatic rings. The van der Waals surface area contributed by atoms with Crippen molar-refractivity contribution < 1.29 is 4.79 Å². The van der Waals surface area contributed by atoms with E-state index in [-0.39, 0.29) is 11.3 Å². The molecule has 1 heterocycles. The van der Waals surface area contributed by atoms with Crippen molar-refractivity contribution >= 4 is 17.5 Å². The van der Waals surface area contributed by atoms with Gasteiger partial charge in [-0.05, 0) is 19.8 Å². The zero-order valence-electron chi connectivity index (χ0n) is 13.3. The van der Waals surface area contributed by atoms with Crippen LogP contribution in [0.1, 0.15) is 51.4 Å². The van der Waals surface area contributed by atoms with Crippen LogP contribution in [0, 0.1) is 6.92 Å². The number of anilines is 2. The first kappa shape index (κ1) is 17.2. The predicted molar refractivity (Wildman–Crippen MR) is 84.8 cm³/mol. The summed E-state index contributed by atoms with van der Waals surface area (Å²) in [7, 11) is 0. The Hall–Kier alpha value is -1.89. The molecule has 0 saturated heterocycles. The largest absolute Gasteiger partial charge is 0.370 e. The van der Waals surface area contributed by atoms with E-state index in [1.807, 2.05) is 6.92 Å². The van der Waals surface area contributed by atoms with Crippen molar-refractivity contribution in [1.82, 2.24) is 9.97 Å². The lowest BCUT2D eigenvalue weighted by molar-refractivity contribution is -0.118. The summed E-state index contributed by atoms with van der Waals surface area (Å²) < 4.78 is 0. The normalized spacial score (nSPS) is 11.3. The highest BCUT2D eigenvalue weighted by Crippen LogP contribution is 2.25. The minimum absolute atomic E-state index is 0.165. The number of hydrogen-bond donors (Lipinski definition) is 4. The summed E-state index contributed by atoms with van der Waals surface area (Å²) in [6.07, 6.45) is 2.02. The number of nitrogens with two attached hydrogens (primary N) is 2. The molecule has 0 saturated carbocycles. The van der Waals surface area contributed by atoms with Gasteiger partial charge in [0.25, 0.3) is 0 Å². The van der Waals surface area contributed by atoms with E-state index in [0.717, 1.165) is 36.6 Å². The van der Waals surface area contributed by atoms with Crippen molar-refractivity contribution in [1.29, 1.82) is 0 Å². The molecule has 118 valence electrons. The Morgan fingerprint density at radius 2 is 1.81 bits per heavy atom. The van der Waals surface area contributed by atoms with Crippen LogP contribution in [0.15, 0.2) is 0 Å². The Balaban J connectivity index is 2.78. The van der Waals surface area contributed by atoms with Gasteiger partial charge in [0.05, 0.1) is 0 Å². The molecule has 1 rings (SSSR count). The maximum Gasteiger partial charge on any atom is 0.217 e. The monoisotopic (exact) mass is 294 g/mol. The number of rotatable bonds is 7. The lowest BCUT2D eigenvalue weighted by Gasteiger charge is -2.20. The molecule has 0 radical (unpaired) electrons. The molecule has 7 heteroatoms. The Morgan fingerprint density at radius 3 is 2.33 bits per heavy atom. The molecule has 6 N–H and O–H groups in total. The van der Waals surface area contributed by atoms with Crippen LogP contribution >= 0.6 is 0 Å². The Kier molecular flexibility index (Phi) is 5.90. The number of nitrogen functional groups attached to an aromatic ring is 1. The quantitative estimate of drug-likeness (QED) is 0.343. The summed E-state index contributed by atoms with van der Waals surface area (Å²) >= 11 is 0. The highest BCUT2D eigenvalue weighted by atomic mass is 16.1. The van der Waals surface area contributed by atoms with Crippen LogP contribution in [0.3, 0.4) is 0 Å². The highest BCUT2D eigenvalue weighted by molar-refractivity contribution is 5.73. The minimum atomic E-state index is -0.266. The van der Waals surface area contributed by atoms with Gasteiger partial charge in [-0.15, -0.1) is 0 Å². The third-order valence-corrected chi connectivity index (χ3v) is 3.10. The van der Waals surface area contributed by atoms with Crippen molar-refractivity contribution in [2.75, 3.05) is 17.3 Å². The van der Waals surface area contributed by atoms with Gasteiger partial charge in [-0.1, -0.05) is 20.8 Å². The number of carbonyl (C=O) groups excluding carboxylic acids is 1. The summed E-state index contributed by atoms with van der Waals surface area (Å²) in [4.78, 5) is 19.7. The summed E-state index contributed by atoms with van der Waals surface area (Å²) in [5.74, 6) is 7.36. The molecule has 1 amide bonds. The van der Waals surface area contributed by atoms with Crippen molar-refractivity contribution in [3.63, 3.8) is 0 Å². The van der Waals surface area contributed by atoms with Crippen molar-refractivity contribution in [2.45, 2.75) is 52.4 Å². The Bertz CT molecular complexity index is 495. The fraction of sp³-hybridized carbons (Fsp3) is 0.643. The SMILES string of the molecule is Cc1c(NN)nc(C(C)(C)C)nc1NCCCCC(N)=O. The molecular formula is C14H26N6O. The number of hydrogen-bond acceptors (Lipinski definition) is 6. The van der Waals surface area contributed by atoms with Gasteiger partial charge >= 0.3 is 0 Å². The number of unbranched alkanes of at least 4 members (excludes halogenated alkanes) is 1. The number of aromatic nitrogens is 2. The van der Waals surface area contributed by atoms with Crippen LogP contribution < -0.4 is 22.3 Å². The van der Waals surface area contributed by atoms with Crippen LogP contribution in [-0.4, -0.2) is 22.4 Å². The lowest BCUT2D eigenvalue weighted by atomic mass is 9.95. The van der Waals surface area contributed by atoms with Crippen LogP contribution in [0.25, 0.3) is 0 Å². The average molecular weight is 294 g/mol. The van der Waals surface area contributed by atoms with Gasteiger partial charge < -0.3 is 16.5 Å². The van der Waals surface area contributed by atoms with E-state index in [9.17, 15) is 4.79 Å². The zero-order valence-corrected chi connectivity index (χ0v) is 13.3. The molecule has 0 unspecified atom stereocenters. The molecule has 0 fully saturated rings. The number of nitrogens with one attached hydrogen (secondary N) is 2. The number of primary amides is 1. The third-order valence-electron chi connectivity index (χ3n) is 3.10. The van der Waals surface area contributed by atoms with E-state index in [1.165, 1.54) is 0 Å². The summed E-state index contributed by atoms with van der Waals surface area (Å²) in [6, 6.07) is 0. The molecule has 0 bridgehead atoms. The molecule has 21 heavy (non-hydrogen) atoms. The maximum absolute atomic E-state index is 10.7. The van der Waals surface area contributed by atoms with Crippen molar-refractivity contribution in [3.8, 4) is 0 Å². The second-order valence-electron chi connectivity index (χ2n) is 6.11. The Labute approximate surface area is 125 Å². The second kappa shape index (κ2) is 7.21. The summed E-state index contributed by atoms with van der Waals surface area (Å²) in [5.41, 5.74) is 8.44. The van der Waals surface area contributed by atoms with E-state index in [2.05, 4.69) is 41.5 Å². The smallest absolute Gasteiger partial charge is 0.217 e. The first-order chi connectivity index (χ1) is 9.75. The minimum Gasteiger partial charge on any atom is -0.370 e. The van der Waals surface area contributed by atoms with Gasteiger partial charge in [-0.3, -0.25) is 4.79 Å². The summed E-state index contributed by atoms with van der Waals surface area (Å²) in [5, 5.41) is 3.28. The van der Waals surface area contributed by atoms with E-state index < -0.39 is 0 Å². The van der Waals surface area contributed by atoms with Gasteiger partial charge in [-0.2, -0.15) is 0 Å². The highest BCUT2D eigenvalue weighted by Gasteiger charge is 2.20. The van der Waals surface area contributed by atoms with Gasteiger partial charge in [0.15, 0.2) is 0 Å².